The van der Waals surface area contributed by atoms with Gasteiger partial charge in [-0.1, -0.05) is 0 Å². The average Bonchev–Trinajstić information content (AvgIpc) is 2.55. The zero-order valence-electron chi connectivity index (χ0n) is 15.9. The van der Waals surface area contributed by atoms with Crippen LogP contribution in [0, 0.1) is 0 Å². The fourth-order valence-electron chi connectivity index (χ4n) is 2.42. The number of amides is 1. The van der Waals surface area contributed by atoms with Crippen molar-refractivity contribution in [3.8, 4) is 0 Å². The Kier molecular flexibility index (Phi) is 13.2. The molecule has 0 heterocycles. The van der Waals surface area contributed by atoms with Gasteiger partial charge in [-0.2, -0.15) is 0 Å². The predicted octanol–water partition coefficient (Wildman–Crippen LogP) is -2.52. The van der Waals surface area contributed by atoms with Gasteiger partial charge >= 0.3 is 17.9 Å². The molecule has 4 N–H and O–H groups in total. The topological polar surface area (TPSA) is 168 Å². The summed E-state index contributed by atoms with van der Waals surface area (Å²) >= 11 is 0. The van der Waals surface area contributed by atoms with E-state index in [1.165, 1.54) is 14.7 Å². The molecule has 0 saturated heterocycles. The number of carboxylic acids is 3. The monoisotopic (exact) mass is 404 g/mol. The molecular formula is C16H28N4O8. The number of hydrogen-bond acceptors (Lipinski definition) is 8. The van der Waals surface area contributed by atoms with Crippen molar-refractivity contribution in [3.05, 3.63) is 0 Å². The number of nitrogens with one attached hydrogen (secondary N) is 1. The minimum absolute atomic E-state index is 0.102. The molecule has 0 aromatic carbocycles. The SMILES string of the molecule is CCNC(=O)CN(CCN(CCN(CC=O)CC(=O)O)CC(=O)O)CC(=O)O. The summed E-state index contributed by atoms with van der Waals surface area (Å²) in [5.74, 6) is -3.67. The molecule has 0 saturated carbocycles. The second-order valence-electron chi connectivity index (χ2n) is 6.02. The molecule has 0 aromatic heterocycles. The molecule has 0 aliphatic heterocycles. The normalized spacial score (nSPS) is 11.0. The minimum Gasteiger partial charge on any atom is -0.480 e. The van der Waals surface area contributed by atoms with Crippen LogP contribution in [0.25, 0.3) is 0 Å². The van der Waals surface area contributed by atoms with Gasteiger partial charge in [0, 0.05) is 32.7 Å². The Morgan fingerprint density at radius 2 is 1.18 bits per heavy atom. The second-order valence-corrected chi connectivity index (χ2v) is 6.02. The summed E-state index contributed by atoms with van der Waals surface area (Å²) in [5.41, 5.74) is 0. The summed E-state index contributed by atoms with van der Waals surface area (Å²) in [7, 11) is 0. The van der Waals surface area contributed by atoms with Crippen LogP contribution in [0.4, 0.5) is 0 Å². The van der Waals surface area contributed by atoms with Crippen molar-refractivity contribution >= 4 is 30.1 Å². The first-order valence-electron chi connectivity index (χ1n) is 8.70. The van der Waals surface area contributed by atoms with Gasteiger partial charge in [0.15, 0.2) is 0 Å². The van der Waals surface area contributed by atoms with Crippen LogP contribution in [0.3, 0.4) is 0 Å². The van der Waals surface area contributed by atoms with Crippen LogP contribution < -0.4 is 5.32 Å². The molecule has 0 rings (SSSR count). The Bertz CT molecular complexity index is 543. The molecule has 0 aliphatic carbocycles. The fraction of sp³-hybridized carbons (Fsp3) is 0.688. The van der Waals surface area contributed by atoms with Crippen LogP contribution in [0.2, 0.25) is 0 Å². The van der Waals surface area contributed by atoms with Gasteiger partial charge in [0.25, 0.3) is 0 Å². The molecule has 0 spiro atoms. The first-order chi connectivity index (χ1) is 13.2. The highest BCUT2D eigenvalue weighted by Crippen LogP contribution is 1.96. The summed E-state index contributed by atoms with van der Waals surface area (Å²) in [6.45, 7) is 1.40. The molecule has 0 bridgehead atoms. The Morgan fingerprint density at radius 3 is 1.64 bits per heavy atom. The van der Waals surface area contributed by atoms with Crippen molar-refractivity contribution in [1.29, 1.82) is 0 Å². The fourth-order valence-corrected chi connectivity index (χ4v) is 2.42. The number of rotatable bonds is 17. The largest absolute Gasteiger partial charge is 0.480 e. The lowest BCUT2D eigenvalue weighted by molar-refractivity contribution is -0.140. The predicted molar refractivity (Wildman–Crippen MR) is 97.0 cm³/mol. The van der Waals surface area contributed by atoms with E-state index < -0.39 is 17.9 Å². The Hall–Kier alpha value is -2.57. The van der Waals surface area contributed by atoms with E-state index in [2.05, 4.69) is 5.32 Å². The summed E-state index contributed by atoms with van der Waals surface area (Å²) in [6, 6.07) is 0. The molecule has 0 unspecified atom stereocenters. The maximum atomic E-state index is 11.7. The van der Waals surface area contributed by atoms with Gasteiger partial charge < -0.3 is 25.4 Å². The highest BCUT2D eigenvalue weighted by atomic mass is 16.4. The zero-order valence-corrected chi connectivity index (χ0v) is 15.9. The molecule has 12 nitrogen and oxygen atoms in total. The molecular weight excluding hydrogens is 376 g/mol. The third kappa shape index (κ3) is 13.6. The molecule has 1 amide bonds. The van der Waals surface area contributed by atoms with E-state index in [1.54, 1.807) is 6.92 Å². The molecule has 28 heavy (non-hydrogen) atoms. The van der Waals surface area contributed by atoms with E-state index in [1.807, 2.05) is 0 Å². The second kappa shape index (κ2) is 14.5. The Balaban J connectivity index is 4.85. The molecule has 12 heteroatoms. The molecule has 0 atom stereocenters. The number of aliphatic carboxylic acids is 3. The van der Waals surface area contributed by atoms with E-state index in [4.69, 9.17) is 15.3 Å². The maximum absolute atomic E-state index is 11.7. The van der Waals surface area contributed by atoms with E-state index in [0.717, 1.165) is 0 Å². The van der Waals surface area contributed by atoms with Crippen molar-refractivity contribution in [3.63, 3.8) is 0 Å². The van der Waals surface area contributed by atoms with Crippen molar-refractivity contribution in [2.24, 2.45) is 0 Å². The van der Waals surface area contributed by atoms with Crippen molar-refractivity contribution < 1.29 is 39.3 Å². The van der Waals surface area contributed by atoms with Crippen molar-refractivity contribution in [2.75, 3.05) is 65.4 Å². The highest BCUT2D eigenvalue weighted by molar-refractivity contribution is 5.79. The van der Waals surface area contributed by atoms with Gasteiger partial charge in [0.1, 0.15) is 6.29 Å². The van der Waals surface area contributed by atoms with E-state index >= 15 is 0 Å². The van der Waals surface area contributed by atoms with Gasteiger partial charge in [-0.15, -0.1) is 0 Å². The molecule has 0 aliphatic rings. The van der Waals surface area contributed by atoms with Crippen molar-refractivity contribution in [1.82, 2.24) is 20.0 Å². The summed E-state index contributed by atoms with van der Waals surface area (Å²) in [5, 5.41) is 29.4. The first kappa shape index (κ1) is 25.4. The number of hydrogen-bond donors (Lipinski definition) is 4. The number of carbonyl (C=O) groups excluding carboxylic acids is 2. The number of carbonyl (C=O) groups is 5. The summed E-state index contributed by atoms with van der Waals surface area (Å²) in [6.07, 6.45) is 0.561. The van der Waals surface area contributed by atoms with Crippen LogP contribution in [-0.2, 0) is 24.0 Å². The lowest BCUT2D eigenvalue weighted by atomic mass is 10.3. The van der Waals surface area contributed by atoms with Crippen LogP contribution >= 0.6 is 0 Å². The summed E-state index contributed by atoms with van der Waals surface area (Å²) in [4.78, 5) is 59.4. The smallest absolute Gasteiger partial charge is 0.317 e. The van der Waals surface area contributed by atoms with Gasteiger partial charge in [0.05, 0.1) is 32.7 Å². The third-order valence-electron chi connectivity index (χ3n) is 3.62. The maximum Gasteiger partial charge on any atom is 0.317 e. The summed E-state index contributed by atoms with van der Waals surface area (Å²) < 4.78 is 0. The number of likely N-dealkylation sites (N-methyl/N-ethyl adjacent to an activating group) is 1. The van der Waals surface area contributed by atoms with Crippen LogP contribution in [0.5, 0.6) is 0 Å². The van der Waals surface area contributed by atoms with Gasteiger partial charge in [-0.25, -0.2) is 0 Å². The lowest BCUT2D eigenvalue weighted by Gasteiger charge is -2.27. The Labute approximate surface area is 162 Å². The minimum atomic E-state index is -1.12. The molecule has 0 aromatic rings. The van der Waals surface area contributed by atoms with Gasteiger partial charge in [0.2, 0.25) is 5.91 Å². The van der Waals surface area contributed by atoms with Gasteiger partial charge in [-0.3, -0.25) is 33.9 Å². The van der Waals surface area contributed by atoms with Crippen LogP contribution in [0.15, 0.2) is 0 Å². The van der Waals surface area contributed by atoms with Crippen LogP contribution in [0.1, 0.15) is 6.92 Å². The first-order valence-corrected chi connectivity index (χ1v) is 8.70. The van der Waals surface area contributed by atoms with E-state index in [0.29, 0.717) is 12.8 Å². The van der Waals surface area contributed by atoms with Gasteiger partial charge in [-0.05, 0) is 6.92 Å². The van der Waals surface area contributed by atoms with Crippen LogP contribution in [-0.4, -0.2) is 126 Å². The zero-order chi connectivity index (χ0) is 21.5. The average molecular weight is 404 g/mol. The van der Waals surface area contributed by atoms with Crippen molar-refractivity contribution in [2.45, 2.75) is 6.92 Å². The molecule has 160 valence electrons. The van der Waals surface area contributed by atoms with E-state index in [9.17, 15) is 24.0 Å². The van der Waals surface area contributed by atoms with E-state index in [-0.39, 0.29) is 64.8 Å². The standard InChI is InChI=1S/C16H28N4O8/c1-2-17-13(22)9-20(12-16(27)28)6-5-18(10-14(23)24)3-4-19(7-8-21)11-15(25)26/h8H,2-7,9-12H2,1H3,(H,17,22)(H,23,24)(H,25,26)(H,27,28). The Morgan fingerprint density at radius 1 is 0.750 bits per heavy atom. The lowest BCUT2D eigenvalue weighted by Crippen LogP contribution is -2.46. The quantitative estimate of drug-likeness (QED) is 0.189. The third-order valence-corrected chi connectivity index (χ3v) is 3.62. The molecule has 0 fully saturated rings. The number of nitrogens with zero attached hydrogens (tertiary/aromatic N) is 3. The molecule has 0 radical (unpaired) electrons. The highest BCUT2D eigenvalue weighted by Gasteiger charge is 2.18. The number of aldehydes is 1. The number of carboxylic acid groups (broad SMARTS) is 3.